The Hall–Kier alpha value is -1.18. The molecule has 0 amide bonds. The predicted octanol–water partition coefficient (Wildman–Crippen LogP) is 2.69. The summed E-state index contributed by atoms with van der Waals surface area (Å²) in [5.74, 6) is 0.977. The molecule has 2 nitrogen and oxygen atoms in total. The Kier molecular flexibility index (Phi) is 2.83. The third-order valence-corrected chi connectivity index (χ3v) is 3.97. The number of allylic oxidation sites excluding steroid dienone is 4. The monoisotopic (exact) mass is 218 g/mol. The first-order chi connectivity index (χ1) is 7.54. The molecule has 0 radical (unpaired) electrons. The minimum Gasteiger partial charge on any atom is -0.300 e. The minimum atomic E-state index is -0.476. The van der Waals surface area contributed by atoms with Crippen molar-refractivity contribution >= 4 is 11.6 Å². The average molecular weight is 218 g/mol. The van der Waals surface area contributed by atoms with Gasteiger partial charge in [-0.3, -0.25) is 9.59 Å². The lowest BCUT2D eigenvalue weighted by molar-refractivity contribution is -0.133. The van der Waals surface area contributed by atoms with Crippen molar-refractivity contribution in [2.24, 2.45) is 17.3 Å². The maximum absolute atomic E-state index is 12.0. The Morgan fingerprint density at radius 2 is 2.12 bits per heavy atom. The van der Waals surface area contributed by atoms with Gasteiger partial charge in [0.15, 0.2) is 5.78 Å². The fourth-order valence-electron chi connectivity index (χ4n) is 3.10. The highest BCUT2D eigenvalue weighted by molar-refractivity contribution is 5.98. The number of carbonyl (C=O) groups is 2. The summed E-state index contributed by atoms with van der Waals surface area (Å²) in [7, 11) is 0. The van der Waals surface area contributed by atoms with Gasteiger partial charge in [-0.2, -0.15) is 0 Å². The Labute approximate surface area is 96.4 Å². The maximum atomic E-state index is 12.0. The Balaban J connectivity index is 2.34. The van der Waals surface area contributed by atoms with Gasteiger partial charge in [-0.25, -0.2) is 0 Å². The van der Waals surface area contributed by atoms with Crippen LogP contribution in [0.1, 0.15) is 33.1 Å². The zero-order valence-electron chi connectivity index (χ0n) is 9.90. The molecule has 0 aromatic carbocycles. The zero-order valence-corrected chi connectivity index (χ0v) is 9.90. The lowest BCUT2D eigenvalue weighted by Gasteiger charge is -2.42. The molecule has 86 valence electrons. The van der Waals surface area contributed by atoms with Gasteiger partial charge in [0.2, 0.25) is 0 Å². The van der Waals surface area contributed by atoms with E-state index in [9.17, 15) is 9.59 Å². The van der Waals surface area contributed by atoms with Crippen molar-refractivity contribution in [2.75, 3.05) is 0 Å². The third-order valence-electron chi connectivity index (χ3n) is 3.97. The molecular formula is C14H18O2. The lowest BCUT2D eigenvalue weighted by atomic mass is 9.59. The van der Waals surface area contributed by atoms with E-state index in [1.807, 2.05) is 13.0 Å². The molecule has 0 spiro atoms. The van der Waals surface area contributed by atoms with Gasteiger partial charge in [0.1, 0.15) is 5.78 Å². The molecule has 0 heterocycles. The molecule has 0 bridgehead atoms. The van der Waals surface area contributed by atoms with Gasteiger partial charge in [0.25, 0.3) is 0 Å². The molecule has 0 unspecified atom stereocenters. The van der Waals surface area contributed by atoms with Gasteiger partial charge in [-0.05, 0) is 37.7 Å². The van der Waals surface area contributed by atoms with Crippen molar-refractivity contribution in [3.8, 4) is 0 Å². The second-order valence-electron chi connectivity index (χ2n) is 5.23. The van der Waals surface area contributed by atoms with E-state index in [0.29, 0.717) is 18.3 Å². The van der Waals surface area contributed by atoms with Crippen molar-refractivity contribution in [1.82, 2.24) is 0 Å². The number of rotatable bonds is 2. The van der Waals surface area contributed by atoms with Crippen LogP contribution in [0.15, 0.2) is 24.3 Å². The summed E-state index contributed by atoms with van der Waals surface area (Å²) in [6.07, 6.45) is 10.3. The Bertz CT molecular complexity index is 378. The molecule has 0 aromatic rings. The van der Waals surface area contributed by atoms with Crippen LogP contribution in [-0.4, -0.2) is 11.6 Å². The first-order valence-electron chi connectivity index (χ1n) is 5.91. The number of Topliss-reactive ketones (excluding diaryl/α,β-unsaturated/α-hetero) is 1. The Morgan fingerprint density at radius 1 is 1.44 bits per heavy atom. The standard InChI is InChI=1S/C14H18O2/c1-10(15)9-14(2)12-6-4-3-5-11(12)7-8-13(14)16/h3-4,7-8,11-12H,5-6,9H2,1-2H3/t11-,12-,14+/m1/s1. The average Bonchev–Trinajstić information content (AvgIpc) is 2.23. The van der Waals surface area contributed by atoms with Gasteiger partial charge in [0.05, 0.1) is 0 Å². The number of ketones is 2. The van der Waals surface area contributed by atoms with Crippen LogP contribution in [0.5, 0.6) is 0 Å². The van der Waals surface area contributed by atoms with E-state index in [4.69, 9.17) is 0 Å². The summed E-state index contributed by atoms with van der Waals surface area (Å²) in [6, 6.07) is 0. The smallest absolute Gasteiger partial charge is 0.161 e. The summed E-state index contributed by atoms with van der Waals surface area (Å²) in [5.41, 5.74) is -0.476. The van der Waals surface area contributed by atoms with E-state index in [1.54, 1.807) is 13.0 Å². The van der Waals surface area contributed by atoms with E-state index in [2.05, 4.69) is 12.2 Å². The van der Waals surface area contributed by atoms with Gasteiger partial charge in [0, 0.05) is 11.8 Å². The number of carbonyl (C=O) groups excluding carboxylic acids is 2. The summed E-state index contributed by atoms with van der Waals surface area (Å²) >= 11 is 0. The van der Waals surface area contributed by atoms with Crippen molar-refractivity contribution in [1.29, 1.82) is 0 Å². The molecule has 2 aliphatic rings. The molecule has 0 aromatic heterocycles. The fourth-order valence-corrected chi connectivity index (χ4v) is 3.10. The SMILES string of the molecule is CC(=O)C[C@]1(C)C(=O)C=C[C@H]2CC=CC[C@H]21. The van der Waals surface area contributed by atoms with Crippen molar-refractivity contribution in [3.05, 3.63) is 24.3 Å². The summed E-state index contributed by atoms with van der Waals surface area (Å²) < 4.78 is 0. The second-order valence-corrected chi connectivity index (χ2v) is 5.23. The molecule has 0 fully saturated rings. The molecule has 2 aliphatic carbocycles. The molecule has 0 aliphatic heterocycles. The molecule has 16 heavy (non-hydrogen) atoms. The predicted molar refractivity (Wildman–Crippen MR) is 62.9 cm³/mol. The number of fused-ring (bicyclic) bond motifs is 1. The summed E-state index contributed by atoms with van der Waals surface area (Å²) in [4.78, 5) is 23.4. The van der Waals surface area contributed by atoms with E-state index >= 15 is 0 Å². The van der Waals surface area contributed by atoms with Crippen LogP contribution in [-0.2, 0) is 9.59 Å². The van der Waals surface area contributed by atoms with Gasteiger partial charge in [-0.15, -0.1) is 0 Å². The van der Waals surface area contributed by atoms with Crippen LogP contribution in [0, 0.1) is 17.3 Å². The lowest BCUT2D eigenvalue weighted by Crippen LogP contribution is -2.43. The maximum Gasteiger partial charge on any atom is 0.161 e. The molecule has 0 N–H and O–H groups in total. The number of hydrogen-bond donors (Lipinski definition) is 0. The second kappa shape index (κ2) is 4.00. The molecule has 2 heteroatoms. The first-order valence-corrected chi connectivity index (χ1v) is 5.91. The Morgan fingerprint density at radius 3 is 2.81 bits per heavy atom. The van der Waals surface area contributed by atoms with Crippen LogP contribution >= 0.6 is 0 Å². The van der Waals surface area contributed by atoms with Crippen molar-refractivity contribution in [2.45, 2.75) is 33.1 Å². The first kappa shape index (κ1) is 11.3. The van der Waals surface area contributed by atoms with Crippen LogP contribution in [0.25, 0.3) is 0 Å². The molecular weight excluding hydrogens is 200 g/mol. The van der Waals surface area contributed by atoms with E-state index in [-0.39, 0.29) is 11.6 Å². The quantitative estimate of drug-likeness (QED) is 0.668. The molecule has 0 saturated carbocycles. The highest BCUT2D eigenvalue weighted by Crippen LogP contribution is 2.46. The van der Waals surface area contributed by atoms with Crippen LogP contribution in [0.3, 0.4) is 0 Å². The fraction of sp³-hybridized carbons (Fsp3) is 0.571. The van der Waals surface area contributed by atoms with E-state index in [1.165, 1.54) is 0 Å². The van der Waals surface area contributed by atoms with Crippen LogP contribution < -0.4 is 0 Å². The van der Waals surface area contributed by atoms with Crippen LogP contribution in [0.4, 0.5) is 0 Å². The van der Waals surface area contributed by atoms with E-state index in [0.717, 1.165) is 12.8 Å². The third kappa shape index (κ3) is 1.77. The van der Waals surface area contributed by atoms with Crippen molar-refractivity contribution < 1.29 is 9.59 Å². The zero-order chi connectivity index (χ0) is 11.8. The van der Waals surface area contributed by atoms with Gasteiger partial charge < -0.3 is 0 Å². The molecule has 3 atom stereocenters. The van der Waals surface area contributed by atoms with Gasteiger partial charge >= 0.3 is 0 Å². The molecule has 2 rings (SSSR count). The minimum absolute atomic E-state index is 0.111. The highest BCUT2D eigenvalue weighted by atomic mass is 16.1. The summed E-state index contributed by atoms with van der Waals surface area (Å²) in [5, 5.41) is 0. The highest BCUT2D eigenvalue weighted by Gasteiger charge is 2.45. The van der Waals surface area contributed by atoms with E-state index < -0.39 is 5.41 Å². The van der Waals surface area contributed by atoms with Crippen LogP contribution in [0.2, 0.25) is 0 Å². The largest absolute Gasteiger partial charge is 0.300 e. The molecule has 0 saturated heterocycles. The van der Waals surface area contributed by atoms with Gasteiger partial charge in [-0.1, -0.05) is 25.2 Å². The topological polar surface area (TPSA) is 34.1 Å². The number of hydrogen-bond acceptors (Lipinski definition) is 2. The normalized spacial score (nSPS) is 37.2. The van der Waals surface area contributed by atoms with Crippen molar-refractivity contribution in [3.63, 3.8) is 0 Å². The summed E-state index contributed by atoms with van der Waals surface area (Å²) in [6.45, 7) is 3.53.